The fourth-order valence-electron chi connectivity index (χ4n) is 3.87. The van der Waals surface area contributed by atoms with Gasteiger partial charge < -0.3 is 20.2 Å². The van der Waals surface area contributed by atoms with Gasteiger partial charge in [-0.3, -0.25) is 9.69 Å². The highest BCUT2D eigenvalue weighted by molar-refractivity contribution is 5.76. The second-order valence-corrected chi connectivity index (χ2v) is 8.73. The molecule has 3 N–H and O–H groups in total. The van der Waals surface area contributed by atoms with E-state index in [1.54, 1.807) is 4.90 Å². The first-order valence-electron chi connectivity index (χ1n) is 13.2. The minimum absolute atomic E-state index is 0.0306. The van der Waals surface area contributed by atoms with E-state index in [2.05, 4.69) is 19.1 Å². The molecule has 0 spiro atoms. The Morgan fingerprint density at radius 2 is 1.12 bits per heavy atom. The molecular weight excluding hydrogens is 404 g/mol. The van der Waals surface area contributed by atoms with E-state index in [-0.39, 0.29) is 25.7 Å². The van der Waals surface area contributed by atoms with Gasteiger partial charge in [-0.25, -0.2) is 0 Å². The third-order valence-corrected chi connectivity index (χ3v) is 5.89. The van der Waals surface area contributed by atoms with E-state index in [0.29, 0.717) is 39.1 Å². The van der Waals surface area contributed by atoms with Crippen molar-refractivity contribution in [1.82, 2.24) is 9.80 Å². The van der Waals surface area contributed by atoms with Gasteiger partial charge in [-0.1, -0.05) is 70.4 Å². The number of hydrogen-bond donors (Lipinski definition) is 3. The zero-order chi connectivity index (χ0) is 23.7. The second-order valence-electron chi connectivity index (χ2n) is 8.73. The lowest BCUT2D eigenvalue weighted by Crippen LogP contribution is -2.41. The maximum absolute atomic E-state index is 12.5. The average Bonchev–Trinajstić information content (AvgIpc) is 2.79. The standard InChI is InChI=1S/C26H52N2O4/c1-2-3-4-5-6-7-8-9-10-11-12-13-14-15-16-17-26(32)28(22-25-31)19-18-27(20-23-29)21-24-30/h9-10,29-31H,2-8,11-25H2,1H3. The van der Waals surface area contributed by atoms with Gasteiger partial charge in [-0.15, -0.1) is 0 Å². The maximum Gasteiger partial charge on any atom is 0.222 e. The zero-order valence-electron chi connectivity index (χ0n) is 20.9. The van der Waals surface area contributed by atoms with Crippen LogP contribution in [-0.2, 0) is 4.79 Å². The largest absolute Gasteiger partial charge is 0.395 e. The summed E-state index contributed by atoms with van der Waals surface area (Å²) in [6.45, 7) is 4.70. The lowest BCUT2D eigenvalue weighted by molar-refractivity contribution is -0.132. The zero-order valence-corrected chi connectivity index (χ0v) is 20.9. The van der Waals surface area contributed by atoms with Crippen molar-refractivity contribution in [1.29, 1.82) is 0 Å². The van der Waals surface area contributed by atoms with E-state index in [9.17, 15) is 9.90 Å². The fourth-order valence-corrected chi connectivity index (χ4v) is 3.87. The van der Waals surface area contributed by atoms with Crippen molar-refractivity contribution in [2.45, 2.75) is 96.8 Å². The van der Waals surface area contributed by atoms with E-state index < -0.39 is 0 Å². The van der Waals surface area contributed by atoms with Crippen LogP contribution < -0.4 is 0 Å². The van der Waals surface area contributed by atoms with Crippen LogP contribution in [0.2, 0.25) is 0 Å². The number of nitrogens with zero attached hydrogens (tertiary/aromatic N) is 2. The summed E-state index contributed by atoms with van der Waals surface area (Å²) in [6.07, 6.45) is 21.3. The first-order chi connectivity index (χ1) is 15.7. The summed E-state index contributed by atoms with van der Waals surface area (Å²) in [6, 6.07) is 0. The van der Waals surface area contributed by atoms with Gasteiger partial charge in [-0.2, -0.15) is 0 Å². The van der Waals surface area contributed by atoms with Crippen LogP contribution in [-0.4, -0.2) is 83.6 Å². The summed E-state index contributed by atoms with van der Waals surface area (Å²) < 4.78 is 0. The molecule has 0 aliphatic carbocycles. The fraction of sp³-hybridized carbons (Fsp3) is 0.885. The molecule has 0 unspecified atom stereocenters. The van der Waals surface area contributed by atoms with E-state index in [4.69, 9.17) is 10.2 Å². The van der Waals surface area contributed by atoms with Crippen molar-refractivity contribution in [3.63, 3.8) is 0 Å². The predicted molar refractivity (Wildman–Crippen MR) is 134 cm³/mol. The molecule has 0 heterocycles. The molecule has 0 aliphatic rings. The van der Waals surface area contributed by atoms with Crippen molar-refractivity contribution < 1.29 is 20.1 Å². The van der Waals surface area contributed by atoms with Gasteiger partial charge in [0.05, 0.1) is 19.8 Å². The van der Waals surface area contributed by atoms with Crippen molar-refractivity contribution in [2.75, 3.05) is 52.5 Å². The summed E-state index contributed by atoms with van der Waals surface area (Å²) >= 11 is 0. The number of amides is 1. The molecule has 1 amide bonds. The summed E-state index contributed by atoms with van der Waals surface area (Å²) in [4.78, 5) is 16.1. The van der Waals surface area contributed by atoms with E-state index in [0.717, 1.165) is 19.3 Å². The summed E-state index contributed by atoms with van der Waals surface area (Å²) in [5, 5.41) is 27.5. The SMILES string of the molecule is CCCCCCCCC=CCCCCCCCC(=O)N(CCO)CCN(CCO)CCO. The van der Waals surface area contributed by atoms with Crippen LogP contribution in [0.25, 0.3) is 0 Å². The lowest BCUT2D eigenvalue weighted by Gasteiger charge is -2.26. The van der Waals surface area contributed by atoms with Gasteiger partial charge in [0.2, 0.25) is 5.91 Å². The van der Waals surface area contributed by atoms with Gasteiger partial charge in [0.25, 0.3) is 0 Å². The minimum Gasteiger partial charge on any atom is -0.395 e. The van der Waals surface area contributed by atoms with Crippen LogP contribution in [0.1, 0.15) is 96.8 Å². The van der Waals surface area contributed by atoms with E-state index in [1.807, 2.05) is 4.90 Å². The molecule has 0 aromatic rings. The molecule has 0 atom stereocenters. The summed E-state index contributed by atoms with van der Waals surface area (Å²) in [5.74, 6) is 0.0876. The highest BCUT2D eigenvalue weighted by atomic mass is 16.3. The Morgan fingerprint density at radius 3 is 1.66 bits per heavy atom. The number of aliphatic hydroxyl groups is 3. The number of unbranched alkanes of at least 4 members (excludes halogenated alkanes) is 11. The van der Waals surface area contributed by atoms with Crippen molar-refractivity contribution >= 4 is 5.91 Å². The number of carbonyl (C=O) groups is 1. The Morgan fingerprint density at radius 1 is 0.625 bits per heavy atom. The van der Waals surface area contributed by atoms with Crippen LogP contribution in [0.5, 0.6) is 0 Å². The molecule has 6 nitrogen and oxygen atoms in total. The molecule has 0 fully saturated rings. The monoisotopic (exact) mass is 456 g/mol. The first kappa shape index (κ1) is 31.0. The molecule has 0 saturated carbocycles. The third kappa shape index (κ3) is 19.7. The highest BCUT2D eigenvalue weighted by Crippen LogP contribution is 2.11. The predicted octanol–water partition coefficient (Wildman–Crippen LogP) is 4.13. The number of allylic oxidation sites excluding steroid dienone is 2. The molecule has 0 saturated heterocycles. The van der Waals surface area contributed by atoms with E-state index in [1.165, 1.54) is 64.2 Å². The van der Waals surface area contributed by atoms with Crippen molar-refractivity contribution in [2.24, 2.45) is 0 Å². The van der Waals surface area contributed by atoms with Crippen LogP contribution in [0.3, 0.4) is 0 Å². The third-order valence-electron chi connectivity index (χ3n) is 5.89. The Bertz CT molecular complexity index is 426. The normalized spacial score (nSPS) is 11.7. The van der Waals surface area contributed by atoms with Gasteiger partial charge in [0, 0.05) is 39.1 Å². The topological polar surface area (TPSA) is 84.2 Å². The molecule has 190 valence electrons. The van der Waals surface area contributed by atoms with Gasteiger partial charge >= 0.3 is 0 Å². The Labute approximate surface area is 197 Å². The smallest absolute Gasteiger partial charge is 0.222 e. The van der Waals surface area contributed by atoms with E-state index >= 15 is 0 Å². The van der Waals surface area contributed by atoms with Crippen LogP contribution >= 0.6 is 0 Å². The number of hydrogen-bond acceptors (Lipinski definition) is 5. The average molecular weight is 457 g/mol. The Hall–Kier alpha value is -0.950. The Balaban J connectivity index is 3.76. The van der Waals surface area contributed by atoms with Gasteiger partial charge in [-0.05, 0) is 32.1 Å². The molecular formula is C26H52N2O4. The van der Waals surface area contributed by atoms with Crippen LogP contribution in [0.4, 0.5) is 0 Å². The van der Waals surface area contributed by atoms with Crippen LogP contribution in [0, 0.1) is 0 Å². The molecule has 32 heavy (non-hydrogen) atoms. The highest BCUT2D eigenvalue weighted by Gasteiger charge is 2.14. The molecule has 0 bridgehead atoms. The number of rotatable bonds is 24. The first-order valence-corrected chi connectivity index (χ1v) is 13.2. The minimum atomic E-state index is -0.0435. The van der Waals surface area contributed by atoms with Crippen LogP contribution in [0.15, 0.2) is 12.2 Å². The molecule has 0 rings (SSSR count). The van der Waals surface area contributed by atoms with Gasteiger partial charge in [0.15, 0.2) is 0 Å². The quantitative estimate of drug-likeness (QED) is 0.150. The lowest BCUT2D eigenvalue weighted by atomic mass is 10.1. The number of aliphatic hydroxyl groups excluding tert-OH is 3. The number of carbonyl (C=O) groups excluding carboxylic acids is 1. The molecule has 6 heteroatoms. The second kappa shape index (κ2) is 24.7. The molecule has 0 aromatic carbocycles. The maximum atomic E-state index is 12.5. The van der Waals surface area contributed by atoms with Gasteiger partial charge in [0.1, 0.15) is 0 Å². The summed E-state index contributed by atoms with van der Waals surface area (Å²) in [5.41, 5.74) is 0. The molecule has 0 aliphatic heterocycles. The summed E-state index contributed by atoms with van der Waals surface area (Å²) in [7, 11) is 0. The van der Waals surface area contributed by atoms with Crippen molar-refractivity contribution in [3.8, 4) is 0 Å². The molecule has 0 aromatic heterocycles. The molecule has 0 radical (unpaired) electrons. The Kier molecular flexibility index (Phi) is 24.0. The van der Waals surface area contributed by atoms with Crippen molar-refractivity contribution in [3.05, 3.63) is 12.2 Å².